The van der Waals surface area contributed by atoms with Gasteiger partial charge in [0.1, 0.15) is 5.75 Å². The fraction of sp³-hybridized carbons (Fsp3) is 0.217. The van der Waals surface area contributed by atoms with Gasteiger partial charge in [0, 0.05) is 34.4 Å². The second-order valence-electron chi connectivity index (χ2n) is 7.21. The zero-order valence-corrected chi connectivity index (χ0v) is 15.8. The lowest BCUT2D eigenvalue weighted by molar-refractivity contribution is 0.104. The summed E-state index contributed by atoms with van der Waals surface area (Å²) in [6.07, 6.45) is 2.40. The number of nitrogens with zero attached hydrogens (tertiary/aromatic N) is 2. The van der Waals surface area contributed by atoms with Crippen LogP contribution in [-0.2, 0) is 13.0 Å². The maximum absolute atomic E-state index is 12.7. The highest BCUT2D eigenvalue weighted by molar-refractivity contribution is 6.16. The van der Waals surface area contributed by atoms with Crippen molar-refractivity contribution in [2.75, 3.05) is 0 Å². The maximum Gasteiger partial charge on any atom is 0.189 e. The number of aromatic nitrogens is 2. The smallest absolute Gasteiger partial charge is 0.189 e. The molecular weight excluding hydrogens is 336 g/mol. The van der Waals surface area contributed by atoms with E-state index in [-0.39, 0.29) is 11.5 Å². The van der Waals surface area contributed by atoms with E-state index in [4.69, 9.17) is 0 Å². The van der Waals surface area contributed by atoms with E-state index in [2.05, 4.69) is 36.3 Å². The van der Waals surface area contributed by atoms with Gasteiger partial charge in [0.15, 0.2) is 5.78 Å². The molecular formula is C23H22N2O2. The summed E-state index contributed by atoms with van der Waals surface area (Å²) < 4.78 is 1.98. The Morgan fingerprint density at radius 1 is 1.11 bits per heavy atom. The third kappa shape index (κ3) is 3.08. The molecule has 0 unspecified atom stereocenters. The quantitative estimate of drug-likeness (QED) is 0.707. The molecule has 0 saturated heterocycles. The number of rotatable bonds is 3. The van der Waals surface area contributed by atoms with E-state index in [1.165, 1.54) is 11.1 Å². The molecule has 0 aliphatic heterocycles. The van der Waals surface area contributed by atoms with Gasteiger partial charge in [-0.3, -0.25) is 9.48 Å². The van der Waals surface area contributed by atoms with Crippen molar-refractivity contribution >= 4 is 11.9 Å². The second-order valence-corrected chi connectivity index (χ2v) is 7.21. The summed E-state index contributed by atoms with van der Waals surface area (Å²) in [5, 5.41) is 14.7. The summed E-state index contributed by atoms with van der Waals surface area (Å²) in [5.41, 5.74) is 7.37. The number of Topliss-reactive ketones (excluding diaryl/α,β-unsaturated/α-hetero) is 1. The molecule has 0 spiro atoms. The molecule has 0 atom stereocenters. The monoisotopic (exact) mass is 358 g/mol. The van der Waals surface area contributed by atoms with Crippen LogP contribution in [0.15, 0.2) is 48.0 Å². The molecule has 4 rings (SSSR count). The van der Waals surface area contributed by atoms with Gasteiger partial charge < -0.3 is 5.11 Å². The third-order valence-corrected chi connectivity index (χ3v) is 5.26. The number of fused-ring (bicyclic) bond motifs is 1. The number of allylic oxidation sites excluding steroid dienone is 1. The van der Waals surface area contributed by atoms with Crippen LogP contribution in [0.1, 0.15) is 44.0 Å². The summed E-state index contributed by atoms with van der Waals surface area (Å²) in [7, 11) is 0. The molecule has 0 saturated carbocycles. The topological polar surface area (TPSA) is 55.1 Å². The number of carbonyl (C=O) groups is 1. The highest BCUT2D eigenvalue weighted by atomic mass is 16.3. The predicted molar refractivity (Wildman–Crippen MR) is 106 cm³/mol. The molecule has 3 aromatic rings. The van der Waals surface area contributed by atoms with Crippen molar-refractivity contribution in [1.82, 2.24) is 9.78 Å². The third-order valence-electron chi connectivity index (χ3n) is 5.26. The molecule has 27 heavy (non-hydrogen) atoms. The molecule has 4 nitrogen and oxygen atoms in total. The molecule has 0 amide bonds. The number of ketones is 1. The van der Waals surface area contributed by atoms with E-state index >= 15 is 0 Å². The Kier molecular flexibility index (Phi) is 4.19. The number of phenolic OH excluding ortho intramolecular Hbond substituents is 1. The molecule has 1 heterocycles. The van der Waals surface area contributed by atoms with E-state index in [1.54, 1.807) is 18.2 Å². The number of aromatic hydroxyl groups is 1. The molecule has 1 aromatic heterocycles. The molecule has 2 aromatic carbocycles. The van der Waals surface area contributed by atoms with Gasteiger partial charge in [0.25, 0.3) is 0 Å². The van der Waals surface area contributed by atoms with Gasteiger partial charge in [-0.25, -0.2) is 0 Å². The summed E-state index contributed by atoms with van der Waals surface area (Å²) in [5.74, 6) is 0.179. The van der Waals surface area contributed by atoms with Gasteiger partial charge in [-0.2, -0.15) is 5.10 Å². The summed E-state index contributed by atoms with van der Waals surface area (Å²) in [6.45, 7) is 6.77. The number of aryl methyl sites for hydroxylation is 2. The molecule has 0 fully saturated rings. The standard InChI is InChI=1S/C23H22N2O2/c1-14-7-9-17(10-8-14)13-25-16(3)20(15(2)24-25)11-18-12-21-19(23(18)27)5-4-6-22(21)26/h4-11,26H,12-13H2,1-3H3. The highest BCUT2D eigenvalue weighted by Gasteiger charge is 2.27. The van der Waals surface area contributed by atoms with E-state index in [1.807, 2.05) is 24.6 Å². The van der Waals surface area contributed by atoms with E-state index in [0.29, 0.717) is 24.1 Å². The van der Waals surface area contributed by atoms with E-state index in [9.17, 15) is 9.90 Å². The lowest BCUT2D eigenvalue weighted by atomic mass is 10.1. The van der Waals surface area contributed by atoms with Gasteiger partial charge in [-0.1, -0.05) is 42.0 Å². The average Bonchev–Trinajstić information content (AvgIpc) is 3.10. The lowest BCUT2D eigenvalue weighted by Gasteiger charge is -2.05. The van der Waals surface area contributed by atoms with Crippen molar-refractivity contribution in [3.05, 3.63) is 87.2 Å². The van der Waals surface area contributed by atoms with Gasteiger partial charge in [-0.05, 0) is 38.5 Å². The van der Waals surface area contributed by atoms with Crippen LogP contribution in [0, 0.1) is 20.8 Å². The SMILES string of the molecule is Cc1ccc(Cn2nc(C)c(C=C3Cc4c(O)cccc4C3=O)c2C)cc1. The Labute approximate surface area is 158 Å². The fourth-order valence-electron chi connectivity index (χ4n) is 3.65. The van der Waals surface area contributed by atoms with Crippen molar-refractivity contribution in [2.24, 2.45) is 0 Å². The summed E-state index contributed by atoms with van der Waals surface area (Å²) in [6, 6.07) is 13.6. The van der Waals surface area contributed by atoms with Crippen molar-refractivity contribution in [2.45, 2.75) is 33.7 Å². The minimum absolute atomic E-state index is 0.00835. The molecule has 1 aliphatic carbocycles. The van der Waals surface area contributed by atoms with Crippen LogP contribution in [0.25, 0.3) is 6.08 Å². The van der Waals surface area contributed by atoms with Crippen LogP contribution in [0.5, 0.6) is 5.75 Å². The van der Waals surface area contributed by atoms with Gasteiger partial charge >= 0.3 is 0 Å². The zero-order chi connectivity index (χ0) is 19.1. The Morgan fingerprint density at radius 3 is 2.56 bits per heavy atom. The molecule has 0 radical (unpaired) electrons. The number of hydrogen-bond donors (Lipinski definition) is 1. The first-order valence-corrected chi connectivity index (χ1v) is 9.09. The first-order chi connectivity index (χ1) is 12.9. The number of benzene rings is 2. The van der Waals surface area contributed by atoms with Crippen molar-refractivity contribution < 1.29 is 9.90 Å². The Hall–Kier alpha value is -3.14. The van der Waals surface area contributed by atoms with Crippen LogP contribution in [0.4, 0.5) is 0 Å². The van der Waals surface area contributed by atoms with Crippen molar-refractivity contribution in [3.8, 4) is 5.75 Å². The summed E-state index contributed by atoms with van der Waals surface area (Å²) >= 11 is 0. The van der Waals surface area contributed by atoms with Crippen LogP contribution >= 0.6 is 0 Å². The first kappa shape index (κ1) is 17.3. The van der Waals surface area contributed by atoms with Gasteiger partial charge in [0.2, 0.25) is 0 Å². The fourth-order valence-corrected chi connectivity index (χ4v) is 3.65. The Balaban J connectivity index is 1.67. The second kappa shape index (κ2) is 6.54. The lowest BCUT2D eigenvalue weighted by Crippen LogP contribution is -2.04. The maximum atomic E-state index is 12.7. The number of phenols is 1. The zero-order valence-electron chi connectivity index (χ0n) is 15.8. The molecule has 136 valence electrons. The van der Waals surface area contributed by atoms with Crippen LogP contribution in [-0.4, -0.2) is 20.7 Å². The molecule has 0 bridgehead atoms. The van der Waals surface area contributed by atoms with Crippen molar-refractivity contribution in [3.63, 3.8) is 0 Å². The first-order valence-electron chi connectivity index (χ1n) is 9.09. The molecule has 4 heteroatoms. The van der Waals surface area contributed by atoms with Gasteiger partial charge in [0.05, 0.1) is 12.2 Å². The minimum atomic E-state index is -0.00835. The minimum Gasteiger partial charge on any atom is -0.508 e. The number of hydrogen-bond acceptors (Lipinski definition) is 3. The van der Waals surface area contributed by atoms with Crippen molar-refractivity contribution in [1.29, 1.82) is 0 Å². The Morgan fingerprint density at radius 2 is 1.85 bits per heavy atom. The highest BCUT2D eigenvalue weighted by Crippen LogP contribution is 2.34. The largest absolute Gasteiger partial charge is 0.508 e. The van der Waals surface area contributed by atoms with Gasteiger partial charge in [-0.15, -0.1) is 0 Å². The number of carbonyl (C=O) groups excluding carboxylic acids is 1. The van der Waals surface area contributed by atoms with Crippen LogP contribution < -0.4 is 0 Å². The normalized spacial score (nSPS) is 14.8. The Bertz CT molecular complexity index is 1070. The van der Waals surface area contributed by atoms with Crippen LogP contribution in [0.2, 0.25) is 0 Å². The van der Waals surface area contributed by atoms with E-state index < -0.39 is 0 Å². The predicted octanol–water partition coefficient (Wildman–Crippen LogP) is 4.38. The van der Waals surface area contributed by atoms with Crippen LogP contribution in [0.3, 0.4) is 0 Å². The summed E-state index contributed by atoms with van der Waals surface area (Å²) in [4.78, 5) is 12.7. The molecule has 1 N–H and O–H groups in total. The average molecular weight is 358 g/mol. The van der Waals surface area contributed by atoms with E-state index in [0.717, 1.165) is 22.5 Å². The molecule has 1 aliphatic rings.